The topological polar surface area (TPSA) is 159 Å². The van der Waals surface area contributed by atoms with Crippen LogP contribution in [0.4, 0.5) is 0 Å². The van der Waals surface area contributed by atoms with Gasteiger partial charge in [0.2, 0.25) is 0 Å². The number of hydrogen-bond acceptors (Lipinski definition) is 9. The zero-order chi connectivity index (χ0) is 33.9. The summed E-state index contributed by atoms with van der Waals surface area (Å²) in [7, 11) is -4.23. The van der Waals surface area contributed by atoms with Gasteiger partial charge in [-0.25, -0.2) is 4.79 Å². The van der Waals surface area contributed by atoms with Gasteiger partial charge < -0.3 is 27.8 Å². The number of H-pyrrole nitrogens is 1. The SMILES string of the molecule is CC(C)(C)[Si](C)(C)OC[C@H]1O[C@@H](n2cc(C#CCOCCOCCOCCN=[N+]=[N-])c(=O)[nH]c2=O)C[C@@H]1O[Si](C)(C)C(C)(C)C. The quantitative estimate of drug-likeness (QED) is 0.0648. The van der Waals surface area contributed by atoms with Crippen molar-refractivity contribution in [3.05, 3.63) is 43.0 Å². The summed E-state index contributed by atoms with van der Waals surface area (Å²) in [5.74, 6) is 5.63. The van der Waals surface area contributed by atoms with E-state index in [1.807, 2.05) is 0 Å². The van der Waals surface area contributed by atoms with E-state index in [2.05, 4.69) is 94.6 Å². The molecule has 1 aromatic rings. The first kappa shape index (κ1) is 38.9. The molecule has 45 heavy (non-hydrogen) atoms. The van der Waals surface area contributed by atoms with E-state index in [4.69, 9.17) is 33.3 Å². The molecule has 2 rings (SSSR count). The van der Waals surface area contributed by atoms with Gasteiger partial charge in [0.25, 0.3) is 5.56 Å². The molecular formula is C30H53N5O8Si2. The fourth-order valence-corrected chi connectivity index (χ4v) is 6.21. The molecule has 0 radical (unpaired) electrons. The summed E-state index contributed by atoms with van der Waals surface area (Å²) in [6, 6.07) is 0. The Labute approximate surface area is 269 Å². The number of hydrogen-bond donors (Lipinski definition) is 1. The number of azide groups is 1. The maximum atomic E-state index is 12.9. The van der Waals surface area contributed by atoms with E-state index in [1.165, 1.54) is 10.8 Å². The first-order valence-corrected chi connectivity index (χ1v) is 21.3. The van der Waals surface area contributed by atoms with Crippen molar-refractivity contribution in [3.63, 3.8) is 0 Å². The molecule has 0 bridgehead atoms. The Kier molecular flexibility index (Phi) is 14.8. The molecule has 0 unspecified atom stereocenters. The zero-order valence-electron chi connectivity index (χ0n) is 28.7. The fraction of sp³-hybridized carbons (Fsp3) is 0.800. The minimum atomic E-state index is -2.17. The lowest BCUT2D eigenvalue weighted by molar-refractivity contribution is -0.0412. The second kappa shape index (κ2) is 17.1. The summed E-state index contributed by atoms with van der Waals surface area (Å²) >= 11 is 0. The Morgan fingerprint density at radius 2 is 1.60 bits per heavy atom. The number of aromatic amines is 1. The molecule has 0 aromatic carbocycles. The van der Waals surface area contributed by atoms with E-state index in [0.29, 0.717) is 46.1 Å². The molecule has 0 saturated carbocycles. The molecule has 2 heterocycles. The molecule has 1 aliphatic rings. The van der Waals surface area contributed by atoms with Crippen LogP contribution in [0.3, 0.4) is 0 Å². The van der Waals surface area contributed by atoms with Crippen LogP contribution in [0.2, 0.25) is 36.3 Å². The molecule has 1 fully saturated rings. The summed E-state index contributed by atoms with van der Waals surface area (Å²) in [6.07, 6.45) is 0.609. The lowest BCUT2D eigenvalue weighted by Gasteiger charge is -2.40. The second-order valence-electron chi connectivity index (χ2n) is 14.1. The van der Waals surface area contributed by atoms with Crippen LogP contribution in [-0.4, -0.2) is 91.2 Å². The molecule has 13 nitrogen and oxygen atoms in total. The Morgan fingerprint density at radius 3 is 2.20 bits per heavy atom. The van der Waals surface area contributed by atoms with Crippen molar-refractivity contribution in [2.75, 3.05) is 52.8 Å². The van der Waals surface area contributed by atoms with Crippen molar-refractivity contribution >= 4 is 16.6 Å². The predicted molar refractivity (Wildman–Crippen MR) is 178 cm³/mol. The molecular weight excluding hydrogens is 615 g/mol. The van der Waals surface area contributed by atoms with Crippen molar-refractivity contribution in [1.82, 2.24) is 9.55 Å². The number of ether oxygens (including phenoxy) is 4. The van der Waals surface area contributed by atoms with E-state index >= 15 is 0 Å². The van der Waals surface area contributed by atoms with Crippen LogP contribution in [0.25, 0.3) is 10.4 Å². The average Bonchev–Trinajstić information content (AvgIpc) is 3.31. The highest BCUT2D eigenvalue weighted by Gasteiger charge is 2.46. The minimum absolute atomic E-state index is 0.00891. The van der Waals surface area contributed by atoms with Gasteiger partial charge >= 0.3 is 5.69 Å². The predicted octanol–water partition coefficient (Wildman–Crippen LogP) is 4.95. The summed E-state index contributed by atoms with van der Waals surface area (Å²) in [5, 5.41) is 3.40. The van der Waals surface area contributed by atoms with E-state index in [-0.39, 0.29) is 41.0 Å². The van der Waals surface area contributed by atoms with Crippen molar-refractivity contribution in [2.45, 2.75) is 103 Å². The molecule has 1 aromatic heterocycles. The molecule has 1 aliphatic heterocycles. The normalized spacial score (nSPS) is 19.2. The maximum Gasteiger partial charge on any atom is 0.330 e. The van der Waals surface area contributed by atoms with Gasteiger partial charge in [-0.2, -0.15) is 0 Å². The van der Waals surface area contributed by atoms with Crippen LogP contribution >= 0.6 is 0 Å². The molecule has 1 saturated heterocycles. The van der Waals surface area contributed by atoms with Crippen LogP contribution < -0.4 is 11.2 Å². The van der Waals surface area contributed by atoms with Crippen LogP contribution in [0.1, 0.15) is 59.8 Å². The van der Waals surface area contributed by atoms with Crippen molar-refractivity contribution in [3.8, 4) is 11.8 Å². The Bertz CT molecular complexity index is 1320. The standard InChI is InChI=1S/C30H53N5O8Si2/c1-29(2,3)44(7,8)41-22-25-24(43-45(9,10)30(4,5)6)20-26(42-25)35-21-23(27(36)33-28(35)37)12-11-14-38-16-18-40-19-17-39-15-13-32-34-31/h21,24-26H,13-20,22H2,1-10H3,(H,33,36,37)/t24-,25+,26+/m0/s1. The van der Waals surface area contributed by atoms with E-state index in [0.717, 1.165) is 0 Å². The lowest BCUT2D eigenvalue weighted by atomic mass is 10.2. The van der Waals surface area contributed by atoms with Crippen LogP contribution in [-0.2, 0) is 27.8 Å². The number of rotatable bonds is 16. The molecule has 15 heteroatoms. The summed E-state index contributed by atoms with van der Waals surface area (Å²) in [5.41, 5.74) is 7.21. The molecule has 1 N–H and O–H groups in total. The van der Waals surface area contributed by atoms with Crippen LogP contribution in [0.15, 0.2) is 20.9 Å². The molecule has 254 valence electrons. The number of nitrogens with one attached hydrogen (secondary N) is 1. The highest BCUT2D eigenvalue weighted by molar-refractivity contribution is 6.74. The van der Waals surface area contributed by atoms with Gasteiger partial charge in [-0.3, -0.25) is 14.3 Å². The first-order chi connectivity index (χ1) is 20.9. The average molecular weight is 668 g/mol. The van der Waals surface area contributed by atoms with Gasteiger partial charge in [0.05, 0.1) is 45.7 Å². The third-order valence-electron chi connectivity index (χ3n) is 8.67. The van der Waals surface area contributed by atoms with Gasteiger partial charge in [-0.05, 0) is 41.8 Å². The minimum Gasteiger partial charge on any atom is -0.414 e. The van der Waals surface area contributed by atoms with Crippen molar-refractivity contribution in [1.29, 1.82) is 0 Å². The first-order valence-electron chi connectivity index (χ1n) is 15.5. The van der Waals surface area contributed by atoms with Crippen LogP contribution in [0.5, 0.6) is 0 Å². The van der Waals surface area contributed by atoms with Crippen LogP contribution in [0, 0.1) is 11.8 Å². The van der Waals surface area contributed by atoms with E-state index < -0.39 is 34.1 Å². The monoisotopic (exact) mass is 667 g/mol. The summed E-state index contributed by atoms with van der Waals surface area (Å²) in [6.45, 7) is 24.5. The Morgan fingerprint density at radius 1 is 1.00 bits per heavy atom. The number of nitrogens with zero attached hydrogens (tertiary/aromatic N) is 4. The maximum absolute atomic E-state index is 12.9. The Hall–Kier alpha value is -2.26. The van der Waals surface area contributed by atoms with Gasteiger partial charge in [0, 0.05) is 24.1 Å². The zero-order valence-corrected chi connectivity index (χ0v) is 30.7. The van der Waals surface area contributed by atoms with E-state index in [9.17, 15) is 9.59 Å². The third-order valence-corrected chi connectivity index (χ3v) is 17.7. The molecule has 0 amide bonds. The summed E-state index contributed by atoms with van der Waals surface area (Å²) < 4.78 is 37.3. The highest BCUT2D eigenvalue weighted by atomic mass is 28.4. The van der Waals surface area contributed by atoms with Crippen molar-refractivity contribution < 1.29 is 27.8 Å². The van der Waals surface area contributed by atoms with Gasteiger partial charge in [0.1, 0.15) is 24.5 Å². The lowest BCUT2D eigenvalue weighted by Crippen LogP contribution is -2.48. The third kappa shape index (κ3) is 12.1. The van der Waals surface area contributed by atoms with Gasteiger partial charge in [-0.1, -0.05) is 58.5 Å². The Balaban J connectivity index is 2.07. The fourth-order valence-electron chi connectivity index (χ4n) is 3.84. The van der Waals surface area contributed by atoms with Crippen molar-refractivity contribution in [2.24, 2.45) is 5.11 Å². The molecule has 0 aliphatic carbocycles. The summed E-state index contributed by atoms with van der Waals surface area (Å²) in [4.78, 5) is 30.5. The molecule has 3 atom stereocenters. The smallest absolute Gasteiger partial charge is 0.330 e. The number of aromatic nitrogens is 2. The van der Waals surface area contributed by atoms with E-state index in [1.54, 1.807) is 0 Å². The van der Waals surface area contributed by atoms with Gasteiger partial charge in [0.15, 0.2) is 16.6 Å². The van der Waals surface area contributed by atoms with Gasteiger partial charge in [-0.15, -0.1) is 0 Å². The molecule has 0 spiro atoms. The second-order valence-corrected chi connectivity index (χ2v) is 23.7. The largest absolute Gasteiger partial charge is 0.414 e. The highest BCUT2D eigenvalue weighted by Crippen LogP contribution is 2.42.